The Labute approximate surface area is 124 Å². The first-order valence-corrected chi connectivity index (χ1v) is 7.06. The number of nitrogens with two attached hydrogens (primary N) is 1. The maximum absolute atomic E-state index is 13.3. The van der Waals surface area contributed by atoms with E-state index in [0.717, 1.165) is 19.6 Å². The van der Waals surface area contributed by atoms with Crippen molar-refractivity contribution in [2.45, 2.75) is 19.9 Å². The number of hydrogen-bond acceptors (Lipinski definition) is 3. The van der Waals surface area contributed by atoms with Gasteiger partial charge < -0.3 is 16.0 Å². The Morgan fingerprint density at radius 1 is 1.40 bits per heavy atom. The lowest BCUT2D eigenvalue weighted by atomic mass is 10.1. The van der Waals surface area contributed by atoms with Gasteiger partial charge in [-0.3, -0.25) is 4.79 Å². The molecule has 1 aromatic carbocycles. The van der Waals surface area contributed by atoms with E-state index < -0.39 is 17.8 Å². The highest BCUT2D eigenvalue weighted by atomic mass is 35.5. The van der Waals surface area contributed by atoms with E-state index in [4.69, 9.17) is 17.3 Å². The molecule has 0 aliphatic heterocycles. The second kappa shape index (κ2) is 8.19. The summed E-state index contributed by atoms with van der Waals surface area (Å²) in [7, 11) is 0. The highest BCUT2D eigenvalue weighted by Crippen LogP contribution is 2.19. The lowest BCUT2D eigenvalue weighted by Gasteiger charge is -2.21. The molecule has 1 aromatic rings. The van der Waals surface area contributed by atoms with Gasteiger partial charge in [0.25, 0.3) is 0 Å². The molecule has 3 N–H and O–H groups in total. The van der Waals surface area contributed by atoms with Gasteiger partial charge in [-0.2, -0.15) is 0 Å². The van der Waals surface area contributed by atoms with E-state index in [1.165, 1.54) is 12.1 Å². The number of likely N-dealkylation sites (N-methyl/N-ethyl adjacent to an activating group) is 1. The van der Waals surface area contributed by atoms with Gasteiger partial charge in [-0.25, -0.2) is 4.39 Å². The monoisotopic (exact) mass is 301 g/mol. The molecule has 112 valence electrons. The minimum atomic E-state index is -0.737. The van der Waals surface area contributed by atoms with E-state index in [1.807, 2.05) is 0 Å². The van der Waals surface area contributed by atoms with Gasteiger partial charge >= 0.3 is 0 Å². The van der Waals surface area contributed by atoms with Gasteiger partial charge in [0, 0.05) is 18.1 Å². The van der Waals surface area contributed by atoms with Crippen molar-refractivity contribution in [2.24, 2.45) is 5.73 Å². The maximum atomic E-state index is 13.3. The van der Waals surface area contributed by atoms with Gasteiger partial charge in [0.05, 0.1) is 0 Å². The second-order valence-corrected chi connectivity index (χ2v) is 4.96. The molecule has 0 aromatic heterocycles. The Bertz CT molecular complexity index is 432. The number of nitrogens with zero attached hydrogens (tertiary/aromatic N) is 1. The fraction of sp³-hybridized carbons (Fsp3) is 0.500. The zero-order valence-electron chi connectivity index (χ0n) is 11.8. The highest BCUT2D eigenvalue weighted by molar-refractivity contribution is 6.30. The molecule has 0 fully saturated rings. The SMILES string of the molecule is CCN(CC)CCNC(C(N)=O)c1cc(F)cc(Cl)c1. The first kappa shape index (κ1) is 16.9. The highest BCUT2D eigenvalue weighted by Gasteiger charge is 2.18. The number of halogens is 2. The van der Waals surface area contributed by atoms with Crippen LogP contribution in [0.25, 0.3) is 0 Å². The van der Waals surface area contributed by atoms with Crippen LogP contribution in [0.15, 0.2) is 18.2 Å². The zero-order valence-corrected chi connectivity index (χ0v) is 12.6. The Morgan fingerprint density at radius 2 is 2.05 bits per heavy atom. The van der Waals surface area contributed by atoms with Crippen LogP contribution >= 0.6 is 11.6 Å². The quantitative estimate of drug-likeness (QED) is 0.771. The third-order valence-electron chi connectivity index (χ3n) is 3.17. The summed E-state index contributed by atoms with van der Waals surface area (Å²) in [4.78, 5) is 13.7. The Kier molecular flexibility index (Phi) is 6.91. The van der Waals surface area contributed by atoms with Gasteiger partial charge in [0.15, 0.2) is 0 Å². The molecule has 0 heterocycles. The lowest BCUT2D eigenvalue weighted by molar-refractivity contribution is -0.120. The standard InChI is InChI=1S/C14H21ClFN3O/c1-3-19(4-2)6-5-18-13(14(17)20)10-7-11(15)9-12(16)8-10/h7-9,13,18H,3-6H2,1-2H3,(H2,17,20). The third-order valence-corrected chi connectivity index (χ3v) is 3.39. The summed E-state index contributed by atoms with van der Waals surface area (Å²) in [6, 6.07) is 3.27. The van der Waals surface area contributed by atoms with Crippen molar-refractivity contribution in [1.29, 1.82) is 0 Å². The van der Waals surface area contributed by atoms with Crippen LogP contribution in [0.5, 0.6) is 0 Å². The van der Waals surface area contributed by atoms with Crippen molar-refractivity contribution < 1.29 is 9.18 Å². The minimum absolute atomic E-state index is 0.247. The Balaban J connectivity index is 2.72. The predicted octanol–water partition coefficient (Wildman–Crippen LogP) is 1.94. The summed E-state index contributed by atoms with van der Waals surface area (Å²) >= 11 is 5.80. The number of primary amides is 1. The van der Waals surface area contributed by atoms with Crippen LogP contribution in [-0.4, -0.2) is 37.0 Å². The molecule has 0 aliphatic rings. The number of hydrogen-bond donors (Lipinski definition) is 2. The van der Waals surface area contributed by atoms with Crippen molar-refractivity contribution in [1.82, 2.24) is 10.2 Å². The lowest BCUT2D eigenvalue weighted by Crippen LogP contribution is -2.38. The number of amides is 1. The molecule has 0 spiro atoms. The molecule has 1 unspecified atom stereocenters. The van der Waals surface area contributed by atoms with Crippen molar-refractivity contribution in [3.05, 3.63) is 34.6 Å². The smallest absolute Gasteiger partial charge is 0.239 e. The van der Waals surface area contributed by atoms with Crippen LogP contribution in [0.4, 0.5) is 4.39 Å². The molecule has 20 heavy (non-hydrogen) atoms. The van der Waals surface area contributed by atoms with Crippen molar-refractivity contribution >= 4 is 17.5 Å². The first-order valence-electron chi connectivity index (χ1n) is 6.69. The summed E-state index contributed by atoms with van der Waals surface area (Å²) in [6.07, 6.45) is 0. The van der Waals surface area contributed by atoms with Crippen LogP contribution in [-0.2, 0) is 4.79 Å². The van der Waals surface area contributed by atoms with Gasteiger partial charge in [-0.1, -0.05) is 25.4 Å². The molecule has 0 saturated heterocycles. The van der Waals surface area contributed by atoms with E-state index in [0.29, 0.717) is 12.1 Å². The van der Waals surface area contributed by atoms with Gasteiger partial charge in [-0.05, 0) is 36.9 Å². The van der Waals surface area contributed by atoms with Crippen molar-refractivity contribution in [2.75, 3.05) is 26.2 Å². The molecule has 0 aliphatic carbocycles. The van der Waals surface area contributed by atoms with E-state index in [2.05, 4.69) is 24.1 Å². The average molecular weight is 302 g/mol. The minimum Gasteiger partial charge on any atom is -0.368 e. The number of rotatable bonds is 8. The molecule has 4 nitrogen and oxygen atoms in total. The summed E-state index contributed by atoms with van der Waals surface area (Å²) < 4.78 is 13.3. The molecule has 0 bridgehead atoms. The van der Waals surface area contributed by atoms with Crippen molar-refractivity contribution in [3.8, 4) is 0 Å². The molecule has 6 heteroatoms. The van der Waals surface area contributed by atoms with E-state index in [1.54, 1.807) is 6.07 Å². The Hall–Kier alpha value is -1.17. The summed E-state index contributed by atoms with van der Waals surface area (Å²) in [5.74, 6) is -1.03. The summed E-state index contributed by atoms with van der Waals surface area (Å²) in [5, 5.41) is 3.29. The number of benzene rings is 1. The summed E-state index contributed by atoms with van der Waals surface area (Å²) in [6.45, 7) is 7.39. The molecule has 1 amide bonds. The molecule has 0 saturated carbocycles. The van der Waals surface area contributed by atoms with Crippen LogP contribution in [0.1, 0.15) is 25.5 Å². The maximum Gasteiger partial charge on any atom is 0.239 e. The largest absolute Gasteiger partial charge is 0.368 e. The van der Waals surface area contributed by atoms with E-state index >= 15 is 0 Å². The molecular formula is C14H21ClFN3O. The predicted molar refractivity (Wildman–Crippen MR) is 79.1 cm³/mol. The van der Waals surface area contributed by atoms with Crippen molar-refractivity contribution in [3.63, 3.8) is 0 Å². The fourth-order valence-corrected chi connectivity index (χ4v) is 2.26. The second-order valence-electron chi connectivity index (χ2n) is 4.52. The molecule has 0 radical (unpaired) electrons. The normalized spacial score (nSPS) is 12.7. The topological polar surface area (TPSA) is 58.4 Å². The van der Waals surface area contributed by atoms with Gasteiger partial charge in [-0.15, -0.1) is 0 Å². The van der Waals surface area contributed by atoms with Crippen LogP contribution in [0, 0.1) is 5.82 Å². The fourth-order valence-electron chi connectivity index (χ4n) is 2.03. The molecule has 1 rings (SSSR count). The number of carbonyl (C=O) groups excluding carboxylic acids is 1. The third kappa shape index (κ3) is 5.07. The van der Waals surface area contributed by atoms with Gasteiger partial charge in [0.1, 0.15) is 11.9 Å². The van der Waals surface area contributed by atoms with E-state index in [-0.39, 0.29) is 5.02 Å². The molecule has 1 atom stereocenters. The van der Waals surface area contributed by atoms with Crippen LogP contribution in [0.3, 0.4) is 0 Å². The molecular weight excluding hydrogens is 281 g/mol. The van der Waals surface area contributed by atoms with Crippen LogP contribution in [0.2, 0.25) is 5.02 Å². The Morgan fingerprint density at radius 3 is 2.55 bits per heavy atom. The van der Waals surface area contributed by atoms with E-state index in [9.17, 15) is 9.18 Å². The summed E-state index contributed by atoms with van der Waals surface area (Å²) in [5.41, 5.74) is 5.82. The first-order chi connectivity index (χ1) is 9.47. The van der Waals surface area contributed by atoms with Gasteiger partial charge in [0.2, 0.25) is 5.91 Å². The zero-order chi connectivity index (χ0) is 15.1. The number of nitrogens with one attached hydrogen (secondary N) is 1. The van der Waals surface area contributed by atoms with Crippen LogP contribution < -0.4 is 11.1 Å². The number of carbonyl (C=O) groups is 1. The average Bonchev–Trinajstić information content (AvgIpc) is 2.37.